The number of methoxy groups -OCH3 is 1. The maximum atomic E-state index is 10.6. The van der Waals surface area contributed by atoms with Crippen molar-refractivity contribution in [3.05, 3.63) is 27.9 Å². The summed E-state index contributed by atoms with van der Waals surface area (Å²) in [5, 5.41) is 22.4. The van der Waals surface area contributed by atoms with Gasteiger partial charge < -0.3 is 10.1 Å². The van der Waals surface area contributed by atoms with Gasteiger partial charge >= 0.3 is 0 Å². The third kappa shape index (κ3) is 3.40. The summed E-state index contributed by atoms with van der Waals surface area (Å²) < 4.78 is 5.21. The molecule has 0 spiro atoms. The van der Waals surface area contributed by atoms with E-state index >= 15 is 0 Å². The number of rotatable bonds is 5. The molecule has 1 N–H and O–H groups in total. The van der Waals surface area contributed by atoms with E-state index in [1.807, 2.05) is 19.9 Å². The molecule has 0 bridgehead atoms. The monoisotopic (exact) mass is 250 g/mol. The van der Waals surface area contributed by atoms with Gasteiger partial charge in [-0.3, -0.25) is 10.1 Å². The molecule has 0 saturated carbocycles. The molecule has 0 fully saturated rings. The molecule has 0 aromatic carbocycles. The van der Waals surface area contributed by atoms with Gasteiger partial charge in [-0.15, -0.1) is 0 Å². The van der Waals surface area contributed by atoms with Crippen molar-refractivity contribution in [2.45, 2.75) is 19.4 Å². The largest absolute Gasteiger partial charge is 0.377 e. The van der Waals surface area contributed by atoms with E-state index in [0.717, 1.165) is 6.20 Å². The summed E-state index contributed by atoms with van der Waals surface area (Å²) >= 11 is 0. The predicted molar refractivity (Wildman–Crippen MR) is 65.2 cm³/mol. The molecule has 0 atom stereocenters. The van der Waals surface area contributed by atoms with Crippen molar-refractivity contribution in [3.63, 3.8) is 0 Å². The third-order valence-corrected chi connectivity index (χ3v) is 2.44. The number of ether oxygens (including phenoxy) is 1. The molecule has 1 aromatic heterocycles. The highest BCUT2D eigenvalue weighted by atomic mass is 16.6. The molecule has 1 heterocycles. The Morgan fingerprint density at radius 1 is 1.67 bits per heavy atom. The fourth-order valence-electron chi connectivity index (χ4n) is 1.15. The van der Waals surface area contributed by atoms with Gasteiger partial charge in [-0.25, -0.2) is 4.98 Å². The number of nitro groups is 1. The molecule has 0 amide bonds. The topological polar surface area (TPSA) is 101 Å². The summed E-state index contributed by atoms with van der Waals surface area (Å²) in [4.78, 5) is 13.9. The summed E-state index contributed by atoms with van der Waals surface area (Å²) in [5.41, 5.74) is -0.491. The van der Waals surface area contributed by atoms with Crippen molar-refractivity contribution >= 4 is 11.5 Å². The third-order valence-electron chi connectivity index (χ3n) is 2.44. The van der Waals surface area contributed by atoms with Gasteiger partial charge in [-0.2, -0.15) is 5.26 Å². The molecule has 0 aliphatic heterocycles. The molecule has 7 heteroatoms. The smallest absolute Gasteiger partial charge is 0.289 e. The molecule has 1 aromatic rings. The molecular formula is C11H14N4O3. The first-order valence-corrected chi connectivity index (χ1v) is 5.23. The maximum Gasteiger partial charge on any atom is 0.289 e. The van der Waals surface area contributed by atoms with E-state index < -0.39 is 10.5 Å². The number of hydrogen-bond acceptors (Lipinski definition) is 6. The van der Waals surface area contributed by atoms with Crippen LogP contribution in [-0.4, -0.2) is 29.2 Å². The number of nitrogens with zero attached hydrogens (tertiary/aromatic N) is 3. The van der Waals surface area contributed by atoms with Crippen molar-refractivity contribution in [1.82, 2.24) is 4.98 Å². The van der Waals surface area contributed by atoms with Crippen molar-refractivity contribution in [2.75, 3.05) is 19.0 Å². The Labute approximate surface area is 105 Å². The maximum absolute atomic E-state index is 10.6. The highest BCUT2D eigenvalue weighted by Gasteiger charge is 2.18. The van der Waals surface area contributed by atoms with E-state index in [2.05, 4.69) is 10.3 Å². The number of nitriles is 1. The highest BCUT2D eigenvalue weighted by molar-refractivity contribution is 5.55. The minimum absolute atomic E-state index is 0.135. The Hall–Kier alpha value is -2.20. The van der Waals surface area contributed by atoms with Crippen LogP contribution in [0.4, 0.5) is 11.5 Å². The van der Waals surface area contributed by atoms with E-state index in [0.29, 0.717) is 12.4 Å². The molecule has 96 valence electrons. The minimum atomic E-state index is -0.587. The molecule has 0 radical (unpaired) electrons. The Kier molecular flexibility index (Phi) is 4.18. The zero-order chi connectivity index (χ0) is 13.8. The second kappa shape index (κ2) is 5.42. The SMILES string of the molecule is COC(C)(C)CNc1ncc([N+](=O)[O-])cc1C#N. The molecule has 1 rings (SSSR count). The van der Waals surface area contributed by atoms with Crippen LogP contribution >= 0.6 is 0 Å². The summed E-state index contributed by atoms with van der Waals surface area (Å²) in [5.74, 6) is 0.313. The zero-order valence-electron chi connectivity index (χ0n) is 10.4. The van der Waals surface area contributed by atoms with Crippen molar-refractivity contribution in [1.29, 1.82) is 5.26 Å². The van der Waals surface area contributed by atoms with Gasteiger partial charge in [0.1, 0.15) is 23.6 Å². The van der Waals surface area contributed by atoms with Gasteiger partial charge in [0.25, 0.3) is 5.69 Å². The van der Waals surface area contributed by atoms with Gasteiger partial charge in [0.05, 0.1) is 10.5 Å². The van der Waals surface area contributed by atoms with E-state index in [-0.39, 0.29) is 11.3 Å². The van der Waals surface area contributed by atoms with Crippen LogP contribution in [0.3, 0.4) is 0 Å². The van der Waals surface area contributed by atoms with Crippen molar-refractivity contribution in [3.8, 4) is 6.07 Å². The second-order valence-electron chi connectivity index (χ2n) is 4.28. The first-order chi connectivity index (χ1) is 8.39. The Morgan fingerprint density at radius 2 is 2.33 bits per heavy atom. The van der Waals surface area contributed by atoms with Gasteiger partial charge in [0.15, 0.2) is 0 Å². The summed E-state index contributed by atoms with van der Waals surface area (Å²) in [6.07, 6.45) is 1.11. The van der Waals surface area contributed by atoms with Crippen LogP contribution in [0.25, 0.3) is 0 Å². The lowest BCUT2D eigenvalue weighted by Gasteiger charge is -2.23. The minimum Gasteiger partial charge on any atom is -0.377 e. The first-order valence-electron chi connectivity index (χ1n) is 5.23. The van der Waals surface area contributed by atoms with Crippen LogP contribution in [0.1, 0.15) is 19.4 Å². The normalized spacial score (nSPS) is 10.8. The van der Waals surface area contributed by atoms with E-state index in [1.54, 1.807) is 7.11 Å². The van der Waals surface area contributed by atoms with Crippen molar-refractivity contribution < 1.29 is 9.66 Å². The highest BCUT2D eigenvalue weighted by Crippen LogP contribution is 2.19. The lowest BCUT2D eigenvalue weighted by atomic mass is 10.1. The summed E-state index contributed by atoms with van der Waals surface area (Å²) in [6.45, 7) is 4.18. The van der Waals surface area contributed by atoms with E-state index in [9.17, 15) is 10.1 Å². The second-order valence-corrected chi connectivity index (χ2v) is 4.28. The summed E-state index contributed by atoms with van der Waals surface area (Å²) in [7, 11) is 1.58. The lowest BCUT2D eigenvalue weighted by molar-refractivity contribution is -0.385. The fraction of sp³-hybridized carbons (Fsp3) is 0.455. The number of aromatic nitrogens is 1. The lowest BCUT2D eigenvalue weighted by Crippen LogP contribution is -2.32. The van der Waals surface area contributed by atoms with Gasteiger partial charge in [0, 0.05) is 19.7 Å². The Morgan fingerprint density at radius 3 is 2.83 bits per heavy atom. The molecule has 0 aliphatic rings. The molecule has 18 heavy (non-hydrogen) atoms. The number of pyridine rings is 1. The summed E-state index contributed by atoms with van der Waals surface area (Å²) in [6, 6.07) is 3.06. The molecule has 7 nitrogen and oxygen atoms in total. The van der Waals surface area contributed by atoms with E-state index in [4.69, 9.17) is 10.00 Å². The molecule has 0 aliphatic carbocycles. The standard InChI is InChI=1S/C11H14N4O3/c1-11(2,18-3)7-14-10-8(5-12)4-9(6-13-10)15(16)17/h4,6H,7H2,1-3H3,(H,13,14). The predicted octanol–water partition coefficient (Wildman–Crippen LogP) is 1.70. The van der Waals surface area contributed by atoms with Crippen LogP contribution in [0.15, 0.2) is 12.3 Å². The molecule has 0 saturated heterocycles. The molecular weight excluding hydrogens is 236 g/mol. The zero-order valence-corrected chi connectivity index (χ0v) is 10.4. The quantitative estimate of drug-likeness (QED) is 0.630. The first kappa shape index (κ1) is 13.9. The molecule has 0 unspecified atom stereocenters. The van der Waals surface area contributed by atoms with Crippen molar-refractivity contribution in [2.24, 2.45) is 0 Å². The van der Waals surface area contributed by atoms with E-state index in [1.165, 1.54) is 6.07 Å². The average Bonchev–Trinajstić information content (AvgIpc) is 2.36. The number of nitrogens with one attached hydrogen (secondary N) is 1. The van der Waals surface area contributed by atoms with Crippen LogP contribution in [0, 0.1) is 21.4 Å². The van der Waals surface area contributed by atoms with Crippen LogP contribution in [-0.2, 0) is 4.74 Å². The van der Waals surface area contributed by atoms with Gasteiger partial charge in [-0.1, -0.05) is 0 Å². The van der Waals surface area contributed by atoms with Gasteiger partial charge in [0.2, 0.25) is 0 Å². The fourth-order valence-corrected chi connectivity index (χ4v) is 1.15. The average molecular weight is 250 g/mol. The van der Waals surface area contributed by atoms with Crippen LogP contribution in [0.2, 0.25) is 0 Å². The Balaban J connectivity index is 2.91. The Bertz CT molecular complexity index is 494. The van der Waals surface area contributed by atoms with Crippen LogP contribution in [0.5, 0.6) is 0 Å². The number of anilines is 1. The number of hydrogen-bond donors (Lipinski definition) is 1. The van der Waals surface area contributed by atoms with Gasteiger partial charge in [-0.05, 0) is 13.8 Å². The van der Waals surface area contributed by atoms with Crippen LogP contribution < -0.4 is 5.32 Å².